The Hall–Kier alpha value is -1.71. The van der Waals surface area contributed by atoms with Crippen LogP contribution < -0.4 is 14.8 Å². The molecule has 1 saturated carbocycles. The second-order valence-electron chi connectivity index (χ2n) is 6.04. The lowest BCUT2D eigenvalue weighted by Crippen LogP contribution is -2.33. The molecule has 1 aliphatic heterocycles. The van der Waals surface area contributed by atoms with Crippen molar-refractivity contribution in [3.63, 3.8) is 0 Å². The molecule has 21 heavy (non-hydrogen) atoms. The third kappa shape index (κ3) is 3.14. The van der Waals surface area contributed by atoms with Crippen LogP contribution >= 0.6 is 0 Å². The third-order valence-corrected chi connectivity index (χ3v) is 4.38. The van der Waals surface area contributed by atoms with Crippen LogP contribution in [0, 0.1) is 11.8 Å². The largest absolute Gasteiger partial charge is 0.486 e. The summed E-state index contributed by atoms with van der Waals surface area (Å²) in [5.41, 5.74) is 1.12. The molecule has 1 aromatic carbocycles. The second-order valence-corrected chi connectivity index (χ2v) is 6.04. The number of ether oxygens (including phenoxy) is 2. The normalized spacial score (nSPS) is 19.7. The number of amides is 1. The van der Waals surface area contributed by atoms with Gasteiger partial charge in [0, 0.05) is 5.92 Å². The molecule has 0 radical (unpaired) electrons. The Kier molecular flexibility index (Phi) is 4.04. The number of hydrogen-bond acceptors (Lipinski definition) is 3. The Labute approximate surface area is 125 Å². The molecule has 0 spiro atoms. The van der Waals surface area contributed by atoms with Gasteiger partial charge in [-0.1, -0.05) is 19.9 Å². The predicted octanol–water partition coefficient (Wildman–Crippen LogP) is 3.07. The molecule has 2 atom stereocenters. The monoisotopic (exact) mass is 289 g/mol. The van der Waals surface area contributed by atoms with E-state index in [2.05, 4.69) is 5.32 Å². The first-order chi connectivity index (χ1) is 10.2. The van der Waals surface area contributed by atoms with Gasteiger partial charge < -0.3 is 14.8 Å². The summed E-state index contributed by atoms with van der Waals surface area (Å²) in [6.45, 7) is 5.20. The van der Waals surface area contributed by atoms with E-state index in [1.807, 2.05) is 32.0 Å². The Morgan fingerprint density at radius 1 is 1.29 bits per heavy atom. The molecule has 2 aliphatic rings. The highest BCUT2D eigenvalue weighted by Crippen LogP contribution is 2.43. The topological polar surface area (TPSA) is 47.6 Å². The molecule has 4 heteroatoms. The van der Waals surface area contributed by atoms with Crippen LogP contribution in [0.2, 0.25) is 0 Å². The molecule has 114 valence electrons. The highest BCUT2D eigenvalue weighted by molar-refractivity contribution is 5.78. The fraction of sp³-hybridized carbons (Fsp3) is 0.588. The van der Waals surface area contributed by atoms with Crippen molar-refractivity contribution >= 4 is 5.91 Å². The number of carbonyl (C=O) groups is 1. The van der Waals surface area contributed by atoms with Crippen molar-refractivity contribution in [2.75, 3.05) is 13.2 Å². The molecular weight excluding hydrogens is 266 g/mol. The summed E-state index contributed by atoms with van der Waals surface area (Å²) in [7, 11) is 0. The molecule has 1 heterocycles. The van der Waals surface area contributed by atoms with Gasteiger partial charge in [0.15, 0.2) is 11.5 Å². The average Bonchev–Trinajstić information content (AvgIpc) is 3.35. The smallest absolute Gasteiger partial charge is 0.223 e. The fourth-order valence-electron chi connectivity index (χ4n) is 2.64. The van der Waals surface area contributed by atoms with Gasteiger partial charge in [-0.25, -0.2) is 0 Å². The van der Waals surface area contributed by atoms with Crippen molar-refractivity contribution in [2.24, 2.45) is 11.8 Å². The summed E-state index contributed by atoms with van der Waals surface area (Å²) in [6, 6.07) is 6.12. The molecule has 0 bridgehead atoms. The van der Waals surface area contributed by atoms with E-state index in [1.165, 1.54) is 12.8 Å². The standard InChI is InChI=1S/C17H23NO3/c1-3-11(2)17(19)18-16(12-4-5-12)13-6-7-14-15(10-13)21-9-8-20-14/h6-7,10-12,16H,3-5,8-9H2,1-2H3,(H,18,19). The van der Waals surface area contributed by atoms with E-state index in [-0.39, 0.29) is 17.9 Å². The molecule has 1 N–H and O–H groups in total. The number of hydrogen-bond donors (Lipinski definition) is 1. The van der Waals surface area contributed by atoms with Gasteiger partial charge in [0.25, 0.3) is 0 Å². The predicted molar refractivity (Wildman–Crippen MR) is 80.5 cm³/mol. The Balaban J connectivity index is 1.79. The lowest BCUT2D eigenvalue weighted by Gasteiger charge is -2.24. The van der Waals surface area contributed by atoms with Crippen molar-refractivity contribution in [2.45, 2.75) is 39.2 Å². The average molecular weight is 289 g/mol. The Morgan fingerprint density at radius 3 is 2.67 bits per heavy atom. The summed E-state index contributed by atoms with van der Waals surface area (Å²) in [6.07, 6.45) is 3.23. The van der Waals surface area contributed by atoms with Gasteiger partial charge in [-0.15, -0.1) is 0 Å². The van der Waals surface area contributed by atoms with E-state index in [4.69, 9.17) is 9.47 Å². The maximum Gasteiger partial charge on any atom is 0.223 e. The zero-order valence-electron chi connectivity index (χ0n) is 12.7. The molecule has 0 aromatic heterocycles. The van der Waals surface area contributed by atoms with Crippen molar-refractivity contribution in [1.82, 2.24) is 5.32 Å². The van der Waals surface area contributed by atoms with Crippen molar-refractivity contribution in [1.29, 1.82) is 0 Å². The molecule has 4 nitrogen and oxygen atoms in total. The maximum atomic E-state index is 12.2. The molecule has 0 saturated heterocycles. The summed E-state index contributed by atoms with van der Waals surface area (Å²) in [5, 5.41) is 3.22. The van der Waals surface area contributed by atoms with Gasteiger partial charge in [-0.2, -0.15) is 0 Å². The second kappa shape index (κ2) is 5.96. The van der Waals surface area contributed by atoms with Crippen molar-refractivity contribution in [3.05, 3.63) is 23.8 Å². The van der Waals surface area contributed by atoms with Crippen LogP contribution in [0.3, 0.4) is 0 Å². The molecule has 3 rings (SSSR count). The first kappa shape index (κ1) is 14.2. The minimum atomic E-state index is 0.0588. The molecule has 2 unspecified atom stereocenters. The third-order valence-electron chi connectivity index (χ3n) is 4.38. The SMILES string of the molecule is CCC(C)C(=O)NC(c1ccc2c(c1)OCCO2)C1CC1. The number of carbonyl (C=O) groups excluding carboxylic acids is 1. The summed E-state index contributed by atoms with van der Waals surface area (Å²) in [4.78, 5) is 12.2. The number of nitrogens with one attached hydrogen (secondary N) is 1. The van der Waals surface area contributed by atoms with Gasteiger partial charge in [-0.05, 0) is 42.9 Å². The number of benzene rings is 1. The zero-order valence-corrected chi connectivity index (χ0v) is 12.7. The van der Waals surface area contributed by atoms with E-state index in [1.54, 1.807) is 0 Å². The maximum absolute atomic E-state index is 12.2. The minimum Gasteiger partial charge on any atom is -0.486 e. The highest BCUT2D eigenvalue weighted by atomic mass is 16.6. The molecule has 1 aromatic rings. The van der Waals surface area contributed by atoms with E-state index >= 15 is 0 Å². The van der Waals surface area contributed by atoms with E-state index in [0.29, 0.717) is 19.1 Å². The van der Waals surface area contributed by atoms with Gasteiger partial charge in [0.2, 0.25) is 5.91 Å². The van der Waals surface area contributed by atoms with Crippen LogP contribution in [0.5, 0.6) is 11.5 Å². The lowest BCUT2D eigenvalue weighted by atomic mass is 10.00. The van der Waals surface area contributed by atoms with Crippen LogP contribution in [0.1, 0.15) is 44.7 Å². The van der Waals surface area contributed by atoms with Gasteiger partial charge in [0.05, 0.1) is 6.04 Å². The number of fused-ring (bicyclic) bond motifs is 1. The molecule has 1 amide bonds. The van der Waals surface area contributed by atoms with Crippen LogP contribution in [-0.2, 0) is 4.79 Å². The zero-order chi connectivity index (χ0) is 14.8. The first-order valence-corrected chi connectivity index (χ1v) is 7.89. The van der Waals surface area contributed by atoms with Crippen LogP contribution in [0.4, 0.5) is 0 Å². The van der Waals surface area contributed by atoms with E-state index in [9.17, 15) is 4.79 Å². The summed E-state index contributed by atoms with van der Waals surface area (Å²) >= 11 is 0. The molecular formula is C17H23NO3. The summed E-state index contributed by atoms with van der Waals surface area (Å²) < 4.78 is 11.2. The summed E-state index contributed by atoms with van der Waals surface area (Å²) in [5.74, 6) is 2.35. The van der Waals surface area contributed by atoms with E-state index in [0.717, 1.165) is 23.5 Å². The van der Waals surface area contributed by atoms with Gasteiger partial charge in [0.1, 0.15) is 13.2 Å². The quantitative estimate of drug-likeness (QED) is 0.906. The molecule has 1 aliphatic carbocycles. The Bertz CT molecular complexity index is 525. The highest BCUT2D eigenvalue weighted by Gasteiger charge is 2.34. The van der Waals surface area contributed by atoms with Gasteiger partial charge >= 0.3 is 0 Å². The van der Waals surface area contributed by atoms with Gasteiger partial charge in [-0.3, -0.25) is 4.79 Å². The first-order valence-electron chi connectivity index (χ1n) is 7.89. The Morgan fingerprint density at radius 2 is 2.00 bits per heavy atom. The fourth-order valence-corrected chi connectivity index (χ4v) is 2.64. The lowest BCUT2D eigenvalue weighted by molar-refractivity contribution is -0.125. The van der Waals surface area contributed by atoms with Crippen molar-refractivity contribution < 1.29 is 14.3 Å². The molecule has 1 fully saturated rings. The van der Waals surface area contributed by atoms with E-state index < -0.39 is 0 Å². The number of rotatable bonds is 5. The van der Waals surface area contributed by atoms with Crippen LogP contribution in [0.15, 0.2) is 18.2 Å². The van der Waals surface area contributed by atoms with Crippen LogP contribution in [-0.4, -0.2) is 19.1 Å². The van der Waals surface area contributed by atoms with Crippen LogP contribution in [0.25, 0.3) is 0 Å². The van der Waals surface area contributed by atoms with Crippen molar-refractivity contribution in [3.8, 4) is 11.5 Å². The minimum absolute atomic E-state index is 0.0588.